The molecule has 0 aliphatic carbocycles. The van der Waals surface area contributed by atoms with Gasteiger partial charge >= 0.3 is 0 Å². The smallest absolute Gasteiger partial charge is 0.0889 e. The van der Waals surface area contributed by atoms with Crippen molar-refractivity contribution >= 4 is 73.5 Å². The monoisotopic (exact) mass is 588 g/mol. The standard InChI is InChI=1S/C34H52S4/c1-3-5-7-9-11-13-15-17-19-21-23-27-25-29-31-32(37-33(29)35-27)30-26-28(36-34(30)38-31)24-22-20-18-16-14-12-10-8-6-4-2/h25-26H,3-24H2,1-2H3. The van der Waals surface area contributed by atoms with Gasteiger partial charge in [-0.1, -0.05) is 129 Å². The Bertz CT molecular complexity index is 1080. The van der Waals surface area contributed by atoms with Gasteiger partial charge in [-0.05, 0) is 37.8 Å². The quantitative estimate of drug-likeness (QED) is 0.0801. The first-order chi connectivity index (χ1) is 18.8. The van der Waals surface area contributed by atoms with Gasteiger partial charge in [0.15, 0.2) is 0 Å². The largest absolute Gasteiger partial charge is 0.129 e. The van der Waals surface area contributed by atoms with Crippen LogP contribution in [0.3, 0.4) is 0 Å². The molecular weight excluding hydrogens is 537 g/mol. The molecule has 212 valence electrons. The van der Waals surface area contributed by atoms with Gasteiger partial charge in [0.2, 0.25) is 0 Å². The lowest BCUT2D eigenvalue weighted by Gasteiger charge is -2.02. The van der Waals surface area contributed by atoms with Crippen molar-refractivity contribution in [1.82, 2.24) is 0 Å². The molecule has 4 aromatic rings. The van der Waals surface area contributed by atoms with Gasteiger partial charge < -0.3 is 0 Å². The summed E-state index contributed by atoms with van der Waals surface area (Å²) in [6, 6.07) is 5.08. The van der Waals surface area contributed by atoms with Crippen LogP contribution in [0.2, 0.25) is 0 Å². The van der Waals surface area contributed by atoms with Crippen molar-refractivity contribution in [3.05, 3.63) is 21.9 Å². The molecule has 0 N–H and O–H groups in total. The van der Waals surface area contributed by atoms with Gasteiger partial charge in [0.25, 0.3) is 0 Å². The fourth-order valence-corrected chi connectivity index (χ4v) is 11.5. The van der Waals surface area contributed by atoms with Crippen LogP contribution in [0.4, 0.5) is 0 Å². The molecule has 0 radical (unpaired) electrons. The summed E-state index contributed by atoms with van der Waals surface area (Å²) in [5, 5.41) is 3.11. The summed E-state index contributed by atoms with van der Waals surface area (Å²) >= 11 is 8.30. The van der Waals surface area contributed by atoms with Crippen LogP contribution in [0.25, 0.3) is 28.2 Å². The van der Waals surface area contributed by atoms with Gasteiger partial charge in [-0.15, -0.1) is 45.3 Å². The van der Waals surface area contributed by atoms with Crippen LogP contribution in [0.5, 0.6) is 0 Å². The van der Waals surface area contributed by atoms with E-state index in [-0.39, 0.29) is 0 Å². The van der Waals surface area contributed by atoms with Crippen molar-refractivity contribution in [3.8, 4) is 0 Å². The topological polar surface area (TPSA) is 0 Å². The number of rotatable bonds is 22. The second-order valence-corrected chi connectivity index (χ2v) is 16.4. The first kappa shape index (κ1) is 30.5. The Balaban J connectivity index is 1.15. The summed E-state index contributed by atoms with van der Waals surface area (Å²) in [7, 11) is 0. The number of unbranched alkanes of at least 4 members (excludes halogenated alkanes) is 18. The van der Waals surface area contributed by atoms with Crippen LogP contribution in [0, 0.1) is 0 Å². The first-order valence-corrected chi connectivity index (χ1v) is 19.4. The predicted octanol–water partition coefficient (Wildman–Crippen LogP) is 14.3. The van der Waals surface area contributed by atoms with Crippen molar-refractivity contribution in [2.45, 2.75) is 155 Å². The summed E-state index contributed by atoms with van der Waals surface area (Å²) in [6.07, 6.45) is 31.1. The second kappa shape index (κ2) is 17.4. The lowest BCUT2D eigenvalue weighted by atomic mass is 10.1. The Morgan fingerprint density at radius 2 is 0.711 bits per heavy atom. The molecule has 0 atom stereocenters. The molecule has 0 saturated heterocycles. The van der Waals surface area contributed by atoms with E-state index in [0.717, 1.165) is 0 Å². The van der Waals surface area contributed by atoms with Gasteiger partial charge in [0.05, 0.1) is 17.4 Å². The maximum atomic E-state index is 2.54. The van der Waals surface area contributed by atoms with Crippen molar-refractivity contribution < 1.29 is 0 Å². The normalized spacial score (nSPS) is 12.2. The molecule has 0 unspecified atom stereocenters. The van der Waals surface area contributed by atoms with E-state index in [1.54, 1.807) is 38.0 Å². The lowest BCUT2D eigenvalue weighted by molar-refractivity contribution is 0.557. The number of fused-ring (bicyclic) bond motifs is 5. The highest BCUT2D eigenvalue weighted by molar-refractivity contribution is 7.49. The van der Waals surface area contributed by atoms with Gasteiger partial charge in [0, 0.05) is 20.5 Å². The van der Waals surface area contributed by atoms with E-state index in [1.165, 1.54) is 141 Å². The minimum Gasteiger partial charge on any atom is -0.129 e. The van der Waals surface area contributed by atoms with E-state index in [1.807, 2.05) is 0 Å². The van der Waals surface area contributed by atoms with E-state index in [4.69, 9.17) is 0 Å². The molecule has 4 heterocycles. The molecule has 0 fully saturated rings. The van der Waals surface area contributed by atoms with E-state index in [9.17, 15) is 0 Å². The van der Waals surface area contributed by atoms with Gasteiger partial charge in [-0.25, -0.2) is 0 Å². The Morgan fingerprint density at radius 3 is 1.05 bits per heavy atom. The van der Waals surface area contributed by atoms with Crippen molar-refractivity contribution in [2.75, 3.05) is 0 Å². The van der Waals surface area contributed by atoms with Crippen LogP contribution in [-0.4, -0.2) is 0 Å². The Morgan fingerprint density at radius 1 is 0.395 bits per heavy atom. The fourth-order valence-electron chi connectivity index (χ4n) is 5.77. The minimum atomic E-state index is 1.28. The highest BCUT2D eigenvalue weighted by atomic mass is 32.2. The zero-order valence-electron chi connectivity index (χ0n) is 24.3. The molecule has 0 nitrogen and oxygen atoms in total. The van der Waals surface area contributed by atoms with Gasteiger partial charge in [-0.3, -0.25) is 0 Å². The Labute approximate surface area is 249 Å². The maximum absolute atomic E-state index is 2.54. The maximum Gasteiger partial charge on any atom is 0.0889 e. The average molecular weight is 589 g/mol. The molecule has 4 aromatic heterocycles. The van der Waals surface area contributed by atoms with E-state index in [2.05, 4.69) is 71.3 Å². The molecule has 4 heteroatoms. The van der Waals surface area contributed by atoms with E-state index in [0.29, 0.717) is 0 Å². The SMILES string of the molecule is CCCCCCCCCCCCc1cc2c(s1)sc1c3cc(CCCCCCCCCCCC)sc3sc21. The Hall–Kier alpha value is -0.420. The number of hydrogen-bond acceptors (Lipinski definition) is 4. The third-order valence-electron chi connectivity index (χ3n) is 8.14. The number of thiophene rings is 4. The molecule has 0 saturated carbocycles. The van der Waals surface area contributed by atoms with Crippen LogP contribution in [-0.2, 0) is 12.8 Å². The van der Waals surface area contributed by atoms with Gasteiger partial charge in [-0.2, -0.15) is 0 Å². The predicted molar refractivity (Wildman–Crippen MR) is 182 cm³/mol. The average Bonchev–Trinajstić information content (AvgIpc) is 3.65. The second-order valence-electron chi connectivity index (χ2n) is 11.6. The molecular formula is C34H52S4. The third kappa shape index (κ3) is 9.32. The summed E-state index contributed by atoms with van der Waals surface area (Å²) in [5.41, 5.74) is 0. The summed E-state index contributed by atoms with van der Waals surface area (Å²) in [4.78, 5) is 3.23. The van der Waals surface area contributed by atoms with Crippen LogP contribution in [0.1, 0.15) is 152 Å². The zero-order valence-corrected chi connectivity index (χ0v) is 27.6. The van der Waals surface area contributed by atoms with Crippen LogP contribution < -0.4 is 0 Å². The highest BCUT2D eigenvalue weighted by Gasteiger charge is 2.17. The third-order valence-corrected chi connectivity index (χ3v) is 13.3. The molecule has 0 aliphatic heterocycles. The van der Waals surface area contributed by atoms with E-state index < -0.39 is 0 Å². The van der Waals surface area contributed by atoms with Crippen LogP contribution in [0.15, 0.2) is 12.1 Å². The minimum absolute atomic E-state index is 1.28. The molecule has 0 aliphatic rings. The molecule has 38 heavy (non-hydrogen) atoms. The Kier molecular flexibility index (Phi) is 14.0. The molecule has 0 bridgehead atoms. The number of aryl methyl sites for hydroxylation is 2. The van der Waals surface area contributed by atoms with E-state index >= 15 is 0 Å². The lowest BCUT2D eigenvalue weighted by Crippen LogP contribution is -1.84. The summed E-state index contributed by atoms with van der Waals surface area (Å²) in [6.45, 7) is 4.61. The number of hydrogen-bond donors (Lipinski definition) is 0. The highest BCUT2D eigenvalue weighted by Crippen LogP contribution is 2.49. The van der Waals surface area contributed by atoms with Crippen molar-refractivity contribution in [3.63, 3.8) is 0 Å². The summed E-state index contributed by atoms with van der Waals surface area (Å²) in [5.74, 6) is 0. The summed E-state index contributed by atoms with van der Waals surface area (Å²) < 4.78 is 6.28. The molecule has 0 aromatic carbocycles. The molecule has 0 spiro atoms. The van der Waals surface area contributed by atoms with Crippen molar-refractivity contribution in [2.24, 2.45) is 0 Å². The zero-order chi connectivity index (χ0) is 26.4. The fraction of sp³-hybridized carbons (Fsp3) is 0.706. The van der Waals surface area contributed by atoms with Crippen molar-refractivity contribution in [1.29, 1.82) is 0 Å². The van der Waals surface area contributed by atoms with Gasteiger partial charge in [0.1, 0.15) is 0 Å². The molecule has 0 amide bonds. The van der Waals surface area contributed by atoms with Crippen LogP contribution >= 0.6 is 45.3 Å². The first-order valence-electron chi connectivity index (χ1n) is 16.2. The molecule has 4 rings (SSSR count).